The van der Waals surface area contributed by atoms with E-state index < -0.39 is 11.6 Å². The number of aromatic nitrogens is 4. The van der Waals surface area contributed by atoms with Crippen LogP contribution in [0, 0.1) is 6.92 Å². The normalized spacial score (nSPS) is 18.2. The molecule has 0 bridgehead atoms. The molecular formula is C21H26N6O5. The third-order valence-electron chi connectivity index (χ3n) is 5.40. The second kappa shape index (κ2) is 9.07. The summed E-state index contributed by atoms with van der Waals surface area (Å²) in [5.41, 5.74) is 6.73. The summed E-state index contributed by atoms with van der Waals surface area (Å²) in [6.07, 6.45) is 2.31. The second-order valence-electron chi connectivity index (χ2n) is 7.46. The molecule has 2 amide bonds. The van der Waals surface area contributed by atoms with E-state index in [1.807, 2.05) is 13.0 Å². The van der Waals surface area contributed by atoms with Crippen LogP contribution in [0.3, 0.4) is 0 Å². The average Bonchev–Trinajstić information content (AvgIpc) is 3.39. The van der Waals surface area contributed by atoms with Crippen LogP contribution in [0.15, 0.2) is 24.4 Å². The molecule has 4 rings (SSSR count). The minimum atomic E-state index is -0.697. The molecule has 1 aliphatic heterocycles. The maximum atomic E-state index is 11.3. The Labute approximate surface area is 184 Å². The number of carbonyl (C=O) groups is 1. The Kier molecular flexibility index (Phi) is 6.21. The van der Waals surface area contributed by atoms with Crippen molar-refractivity contribution in [2.24, 2.45) is 5.73 Å². The molecule has 1 aliphatic rings. The molecule has 3 aromatic rings. The van der Waals surface area contributed by atoms with Crippen LogP contribution >= 0.6 is 0 Å². The molecule has 0 aliphatic carbocycles. The number of pyridine rings is 2. The molecule has 32 heavy (non-hydrogen) atoms. The number of primary amides is 1. The first-order valence-electron chi connectivity index (χ1n) is 10.1. The molecule has 4 heterocycles. The summed E-state index contributed by atoms with van der Waals surface area (Å²) in [7, 11) is 3.27. The van der Waals surface area contributed by atoms with Gasteiger partial charge in [-0.25, -0.2) is 19.4 Å². The molecule has 0 spiro atoms. The van der Waals surface area contributed by atoms with Gasteiger partial charge in [-0.1, -0.05) is 0 Å². The number of nitrogens with one attached hydrogen (secondary N) is 1. The number of urea groups is 1. The number of nitrogens with two attached hydrogens (primary N) is 1. The number of amides is 2. The SMILES string of the molecule is COCCOc1cc(-n2nc(C)c3cnc(NC(N)=O)cc32)nc([C@]2(OC)CCOC2)c1. The molecule has 0 radical (unpaired) electrons. The fourth-order valence-electron chi connectivity index (χ4n) is 3.70. The molecule has 3 N–H and O–H groups in total. The molecule has 0 aromatic carbocycles. The molecule has 3 aromatic heterocycles. The van der Waals surface area contributed by atoms with Crippen molar-refractivity contribution in [3.63, 3.8) is 0 Å². The van der Waals surface area contributed by atoms with Gasteiger partial charge in [-0.2, -0.15) is 5.10 Å². The molecule has 11 heteroatoms. The van der Waals surface area contributed by atoms with Gasteiger partial charge in [-0.05, 0) is 6.92 Å². The monoisotopic (exact) mass is 442 g/mol. The van der Waals surface area contributed by atoms with Crippen LogP contribution in [0.1, 0.15) is 17.8 Å². The summed E-state index contributed by atoms with van der Waals surface area (Å²) in [6.45, 7) is 3.68. The lowest BCUT2D eigenvalue weighted by molar-refractivity contribution is -0.0248. The summed E-state index contributed by atoms with van der Waals surface area (Å²) in [5.74, 6) is 1.46. The topological polar surface area (TPSA) is 136 Å². The van der Waals surface area contributed by atoms with E-state index in [9.17, 15) is 4.79 Å². The van der Waals surface area contributed by atoms with E-state index in [-0.39, 0.29) is 0 Å². The van der Waals surface area contributed by atoms with Gasteiger partial charge in [-0.15, -0.1) is 0 Å². The minimum Gasteiger partial charge on any atom is -0.491 e. The van der Waals surface area contributed by atoms with Gasteiger partial charge in [0, 0.05) is 57.0 Å². The lowest BCUT2D eigenvalue weighted by atomic mass is 9.97. The van der Waals surface area contributed by atoms with Gasteiger partial charge in [0.25, 0.3) is 0 Å². The number of fused-ring (bicyclic) bond motifs is 1. The smallest absolute Gasteiger partial charge is 0.317 e. The molecule has 11 nitrogen and oxygen atoms in total. The number of aryl methyl sites for hydroxylation is 1. The Morgan fingerprint density at radius 1 is 1.31 bits per heavy atom. The van der Waals surface area contributed by atoms with Crippen LogP contribution in [-0.4, -0.2) is 66.4 Å². The number of anilines is 1. The van der Waals surface area contributed by atoms with Crippen LogP contribution in [0.5, 0.6) is 5.75 Å². The van der Waals surface area contributed by atoms with Gasteiger partial charge in [0.1, 0.15) is 23.8 Å². The Bertz CT molecular complexity index is 1130. The summed E-state index contributed by atoms with van der Waals surface area (Å²) in [5, 5.41) is 7.96. The first kappa shape index (κ1) is 21.9. The third kappa shape index (κ3) is 4.22. The van der Waals surface area contributed by atoms with E-state index >= 15 is 0 Å². The third-order valence-corrected chi connectivity index (χ3v) is 5.40. The van der Waals surface area contributed by atoms with E-state index in [1.165, 1.54) is 0 Å². The fraction of sp³-hybridized carbons (Fsp3) is 0.429. The number of hydrogen-bond donors (Lipinski definition) is 2. The molecule has 1 saturated heterocycles. The maximum Gasteiger partial charge on any atom is 0.317 e. The van der Waals surface area contributed by atoms with Crippen molar-refractivity contribution in [2.45, 2.75) is 18.9 Å². The largest absolute Gasteiger partial charge is 0.491 e. The van der Waals surface area contributed by atoms with Crippen LogP contribution in [0.2, 0.25) is 0 Å². The molecular weight excluding hydrogens is 416 g/mol. The molecule has 0 unspecified atom stereocenters. The highest BCUT2D eigenvalue weighted by Gasteiger charge is 2.39. The van der Waals surface area contributed by atoms with E-state index in [1.54, 1.807) is 37.2 Å². The van der Waals surface area contributed by atoms with Gasteiger partial charge in [0.05, 0.1) is 30.1 Å². The van der Waals surface area contributed by atoms with Crippen molar-refractivity contribution in [2.75, 3.05) is 46.0 Å². The van der Waals surface area contributed by atoms with Crippen molar-refractivity contribution in [3.05, 3.63) is 35.8 Å². The Morgan fingerprint density at radius 2 is 2.16 bits per heavy atom. The standard InChI is InChI=1S/C21H26N6O5/c1-13-15-11-23-18(25-20(22)28)10-16(15)27(26-13)19-9-14(32-7-6-29-2)8-17(24-19)21(30-3)4-5-31-12-21/h8-11H,4-7,12H2,1-3H3,(H3,22,23,25,28)/t21-/m0/s1. The second-order valence-corrected chi connectivity index (χ2v) is 7.46. The van der Waals surface area contributed by atoms with E-state index in [4.69, 9.17) is 29.7 Å². The Hall–Kier alpha value is -3.28. The van der Waals surface area contributed by atoms with Crippen molar-refractivity contribution in [3.8, 4) is 11.6 Å². The van der Waals surface area contributed by atoms with Crippen LogP contribution < -0.4 is 15.8 Å². The zero-order valence-corrected chi connectivity index (χ0v) is 18.3. The number of ether oxygens (including phenoxy) is 4. The highest BCUT2D eigenvalue weighted by Crippen LogP contribution is 2.35. The molecule has 1 fully saturated rings. The van der Waals surface area contributed by atoms with Gasteiger partial charge in [-0.3, -0.25) is 5.32 Å². The van der Waals surface area contributed by atoms with Crippen LogP contribution in [0.4, 0.5) is 10.6 Å². The summed E-state index contributed by atoms with van der Waals surface area (Å²) in [4.78, 5) is 20.4. The van der Waals surface area contributed by atoms with Crippen molar-refractivity contribution >= 4 is 22.8 Å². The number of rotatable bonds is 8. The van der Waals surface area contributed by atoms with E-state index in [2.05, 4.69) is 15.4 Å². The predicted molar refractivity (Wildman–Crippen MR) is 116 cm³/mol. The number of nitrogens with zero attached hydrogens (tertiary/aromatic N) is 4. The van der Waals surface area contributed by atoms with Crippen molar-refractivity contribution in [1.29, 1.82) is 0 Å². The van der Waals surface area contributed by atoms with Gasteiger partial charge in [0.2, 0.25) is 0 Å². The van der Waals surface area contributed by atoms with Gasteiger partial charge in [0.15, 0.2) is 5.82 Å². The maximum absolute atomic E-state index is 11.3. The van der Waals surface area contributed by atoms with E-state index in [0.29, 0.717) is 61.4 Å². The van der Waals surface area contributed by atoms with Gasteiger partial charge < -0.3 is 24.7 Å². The Morgan fingerprint density at radius 3 is 2.84 bits per heavy atom. The zero-order chi connectivity index (χ0) is 22.7. The molecule has 1 atom stereocenters. The van der Waals surface area contributed by atoms with Crippen LogP contribution in [-0.2, 0) is 19.8 Å². The van der Waals surface area contributed by atoms with E-state index in [0.717, 1.165) is 11.1 Å². The highest BCUT2D eigenvalue weighted by molar-refractivity contribution is 5.90. The highest BCUT2D eigenvalue weighted by atomic mass is 16.6. The summed E-state index contributed by atoms with van der Waals surface area (Å²) >= 11 is 0. The summed E-state index contributed by atoms with van der Waals surface area (Å²) in [6, 6.07) is 4.66. The number of carbonyl (C=O) groups excluding carboxylic acids is 1. The first-order valence-corrected chi connectivity index (χ1v) is 10.1. The molecule has 170 valence electrons. The van der Waals surface area contributed by atoms with Gasteiger partial charge >= 0.3 is 6.03 Å². The minimum absolute atomic E-state index is 0.316. The average molecular weight is 442 g/mol. The fourth-order valence-corrected chi connectivity index (χ4v) is 3.70. The first-order chi connectivity index (χ1) is 15.5. The summed E-state index contributed by atoms with van der Waals surface area (Å²) < 4.78 is 24.1. The van der Waals surface area contributed by atoms with Crippen molar-refractivity contribution in [1.82, 2.24) is 19.7 Å². The lowest BCUT2D eigenvalue weighted by Gasteiger charge is -2.26. The lowest BCUT2D eigenvalue weighted by Crippen LogP contribution is -2.30. The molecule has 0 saturated carbocycles. The zero-order valence-electron chi connectivity index (χ0n) is 18.3. The number of methoxy groups -OCH3 is 2. The van der Waals surface area contributed by atoms with Crippen molar-refractivity contribution < 1.29 is 23.7 Å². The Balaban J connectivity index is 1.84. The predicted octanol–water partition coefficient (Wildman–Crippen LogP) is 1.90. The van der Waals surface area contributed by atoms with Crippen LogP contribution in [0.25, 0.3) is 16.7 Å². The quantitative estimate of drug-likeness (QED) is 0.505. The number of hydrogen-bond acceptors (Lipinski definition) is 8.